The van der Waals surface area contributed by atoms with E-state index >= 15 is 0 Å². The Kier molecular flexibility index (Phi) is 1.88. The fourth-order valence-electron chi connectivity index (χ4n) is 1.31. The number of urea groups is 1. The lowest BCUT2D eigenvalue weighted by Gasteiger charge is -2.14. The largest absolute Gasteiger partial charge is 0.418 e. The van der Waals surface area contributed by atoms with E-state index in [9.17, 15) is 13.2 Å². The minimum absolute atomic E-state index is 0.251. The van der Waals surface area contributed by atoms with E-state index in [1.807, 2.05) is 0 Å². The van der Waals surface area contributed by atoms with Gasteiger partial charge in [0.05, 0.1) is 13.1 Å². The summed E-state index contributed by atoms with van der Waals surface area (Å²) in [6.45, 7) is 0.544. The molecule has 0 aliphatic carbocycles. The molecule has 2 rings (SSSR count). The summed E-state index contributed by atoms with van der Waals surface area (Å²) >= 11 is 0. The van der Waals surface area contributed by atoms with Crippen molar-refractivity contribution in [1.82, 2.24) is 9.96 Å². The molecule has 0 aromatic heterocycles. The zero-order valence-corrected chi connectivity index (χ0v) is 7.69. The first kappa shape index (κ1) is 9.26. The average molecular weight is 218 g/mol. The molecule has 1 unspecified atom stereocenters. The smallest absolute Gasteiger partial charge is 0.308 e. The van der Waals surface area contributed by atoms with Gasteiger partial charge in [-0.15, -0.1) is 4.28 Å². The van der Waals surface area contributed by atoms with Gasteiger partial charge in [-0.2, -0.15) is 13.5 Å². The van der Waals surface area contributed by atoms with Gasteiger partial charge in [-0.05, 0) is 0 Å². The molecule has 0 saturated carbocycles. The van der Waals surface area contributed by atoms with Gasteiger partial charge in [-0.25, -0.2) is 4.79 Å². The van der Waals surface area contributed by atoms with E-state index in [0.717, 1.165) is 0 Å². The van der Waals surface area contributed by atoms with Crippen LogP contribution in [0, 0.1) is 11.8 Å². The number of carbonyl (C=O) groups excluding carboxylic acids is 1. The summed E-state index contributed by atoms with van der Waals surface area (Å²) in [4.78, 5) is 12.7. The average Bonchev–Trinajstić information content (AvgIpc) is 2.28. The second-order valence-corrected chi connectivity index (χ2v) is 3.83. The first-order valence-electron chi connectivity index (χ1n) is 3.71. The first-order chi connectivity index (χ1) is 6.47. The van der Waals surface area contributed by atoms with Gasteiger partial charge in [0.1, 0.15) is 6.04 Å². The Hall–Kier alpha value is -1.30. The molecule has 2 heterocycles. The summed E-state index contributed by atoms with van der Waals surface area (Å²) < 4.78 is 33.3. The van der Waals surface area contributed by atoms with E-state index in [-0.39, 0.29) is 6.54 Å². The number of rotatable bonds is 2. The molecule has 1 atom stereocenters. The van der Waals surface area contributed by atoms with Crippen molar-refractivity contribution < 1.29 is 22.0 Å². The Balaban J connectivity index is 2.22. The van der Waals surface area contributed by atoms with Crippen molar-refractivity contribution in [3.8, 4) is 11.8 Å². The molecule has 7 nitrogen and oxygen atoms in total. The highest BCUT2D eigenvalue weighted by molar-refractivity contribution is 7.80. The number of hydrogen-bond donors (Lipinski definition) is 1. The van der Waals surface area contributed by atoms with Gasteiger partial charge >= 0.3 is 16.4 Å². The van der Waals surface area contributed by atoms with Crippen molar-refractivity contribution in [2.75, 3.05) is 13.1 Å². The van der Waals surface area contributed by atoms with E-state index in [4.69, 9.17) is 4.55 Å². The number of hydroxylamine groups is 2. The van der Waals surface area contributed by atoms with Gasteiger partial charge in [0.15, 0.2) is 0 Å². The maximum absolute atomic E-state index is 11.3. The van der Waals surface area contributed by atoms with Crippen LogP contribution in [0.4, 0.5) is 4.79 Å². The normalized spacial score (nSPS) is 24.9. The van der Waals surface area contributed by atoms with Crippen LogP contribution in [0.15, 0.2) is 0 Å². The van der Waals surface area contributed by atoms with Crippen LogP contribution < -0.4 is 0 Å². The molecule has 8 heteroatoms. The van der Waals surface area contributed by atoms with Gasteiger partial charge in [-0.1, -0.05) is 11.8 Å². The van der Waals surface area contributed by atoms with E-state index in [1.54, 1.807) is 0 Å². The Labute approximate surface area is 80.1 Å². The molecule has 0 aromatic rings. The molecule has 1 fully saturated rings. The van der Waals surface area contributed by atoms with Gasteiger partial charge in [-0.3, -0.25) is 4.55 Å². The van der Waals surface area contributed by atoms with Crippen LogP contribution in [0.1, 0.15) is 0 Å². The lowest BCUT2D eigenvalue weighted by Crippen LogP contribution is -2.35. The highest BCUT2D eigenvalue weighted by Gasteiger charge is 2.41. The predicted molar refractivity (Wildman–Crippen MR) is 43.0 cm³/mol. The van der Waals surface area contributed by atoms with E-state index in [0.29, 0.717) is 11.6 Å². The second-order valence-electron chi connectivity index (χ2n) is 2.83. The number of carbonyl (C=O) groups is 1. The van der Waals surface area contributed by atoms with Crippen LogP contribution in [0.3, 0.4) is 0 Å². The van der Waals surface area contributed by atoms with Crippen LogP contribution >= 0.6 is 0 Å². The van der Waals surface area contributed by atoms with Crippen molar-refractivity contribution in [2.24, 2.45) is 0 Å². The van der Waals surface area contributed by atoms with Crippen LogP contribution in [0.25, 0.3) is 0 Å². The molecule has 14 heavy (non-hydrogen) atoms. The monoisotopic (exact) mass is 218 g/mol. The molecule has 1 saturated heterocycles. The quantitative estimate of drug-likeness (QED) is 0.467. The molecular weight excluding hydrogens is 212 g/mol. The number of fused-ring (bicyclic) bond motifs is 2. The highest BCUT2D eigenvalue weighted by Crippen LogP contribution is 2.19. The number of nitrogens with zero attached hydrogens (tertiary/aromatic N) is 2. The zero-order valence-electron chi connectivity index (χ0n) is 6.87. The van der Waals surface area contributed by atoms with Gasteiger partial charge in [0.25, 0.3) is 0 Å². The molecule has 0 spiro atoms. The minimum atomic E-state index is -4.67. The van der Waals surface area contributed by atoms with Crippen molar-refractivity contribution in [1.29, 1.82) is 0 Å². The summed E-state index contributed by atoms with van der Waals surface area (Å²) in [6.07, 6.45) is 0. The Bertz CT molecular complexity index is 433. The first-order valence-corrected chi connectivity index (χ1v) is 5.07. The van der Waals surface area contributed by atoms with Crippen LogP contribution in [-0.4, -0.2) is 48.1 Å². The SMILES string of the molecule is O=C1N2CC#CC(C2)N1OS(=O)(=O)O. The fraction of sp³-hybridized carbons (Fsp3) is 0.500. The summed E-state index contributed by atoms with van der Waals surface area (Å²) in [5.74, 6) is 5.28. The van der Waals surface area contributed by atoms with Crippen LogP contribution in [0.5, 0.6) is 0 Å². The molecule has 2 bridgehead atoms. The maximum atomic E-state index is 11.3. The van der Waals surface area contributed by atoms with E-state index < -0.39 is 22.5 Å². The van der Waals surface area contributed by atoms with Crippen molar-refractivity contribution in [3.05, 3.63) is 0 Å². The topological polar surface area (TPSA) is 87.2 Å². The van der Waals surface area contributed by atoms with Gasteiger partial charge in [0.2, 0.25) is 0 Å². The molecule has 2 aliphatic heterocycles. The zero-order chi connectivity index (χ0) is 10.3. The Morgan fingerprint density at radius 1 is 1.57 bits per heavy atom. The molecule has 2 aliphatic rings. The number of hydrogen-bond acceptors (Lipinski definition) is 4. The van der Waals surface area contributed by atoms with Crippen LogP contribution in [-0.2, 0) is 14.7 Å². The molecule has 2 amide bonds. The maximum Gasteiger partial charge on any atom is 0.418 e. The molecule has 76 valence electrons. The third-order valence-electron chi connectivity index (χ3n) is 1.85. The summed E-state index contributed by atoms with van der Waals surface area (Å²) in [5.41, 5.74) is 0. The molecular formula is C6H6N2O5S. The molecule has 0 radical (unpaired) electrons. The third kappa shape index (κ3) is 1.52. The Morgan fingerprint density at radius 2 is 2.29 bits per heavy atom. The predicted octanol–water partition coefficient (Wildman–Crippen LogP) is -1.16. The summed E-state index contributed by atoms with van der Waals surface area (Å²) in [5, 5.41) is 0.565. The van der Waals surface area contributed by atoms with Crippen LogP contribution in [0.2, 0.25) is 0 Å². The third-order valence-corrected chi connectivity index (χ3v) is 2.20. The standard InChI is InChI=1S/C6H6N2O5S/c9-6-7-3-1-2-5(4-7)8(6)13-14(10,11)12/h5H,3-4H2,(H,10,11,12). The highest BCUT2D eigenvalue weighted by atomic mass is 32.3. The molecule has 0 aromatic carbocycles. The molecule has 1 N–H and O–H groups in total. The van der Waals surface area contributed by atoms with E-state index in [1.165, 1.54) is 4.90 Å². The van der Waals surface area contributed by atoms with Crippen molar-refractivity contribution in [2.45, 2.75) is 6.04 Å². The van der Waals surface area contributed by atoms with Gasteiger partial charge in [0, 0.05) is 0 Å². The van der Waals surface area contributed by atoms with Crippen molar-refractivity contribution in [3.63, 3.8) is 0 Å². The Morgan fingerprint density at radius 3 is 2.86 bits per heavy atom. The summed E-state index contributed by atoms with van der Waals surface area (Å²) in [6, 6.07) is -1.25. The van der Waals surface area contributed by atoms with Crippen molar-refractivity contribution >= 4 is 16.4 Å². The lowest BCUT2D eigenvalue weighted by molar-refractivity contribution is -0.0163. The number of amides is 2. The fourth-order valence-corrected chi connectivity index (χ4v) is 1.68. The van der Waals surface area contributed by atoms with Gasteiger partial charge < -0.3 is 4.90 Å². The second kappa shape index (κ2) is 2.84. The van der Waals surface area contributed by atoms with E-state index in [2.05, 4.69) is 16.1 Å². The summed E-state index contributed by atoms with van der Waals surface area (Å²) in [7, 11) is -4.67. The minimum Gasteiger partial charge on any atom is -0.308 e. The lowest BCUT2D eigenvalue weighted by atomic mass is 10.2.